The summed E-state index contributed by atoms with van der Waals surface area (Å²) in [5, 5.41) is 3.91. The fourth-order valence-electron chi connectivity index (χ4n) is 5.49. The number of nitrogens with zero attached hydrogens (tertiary/aromatic N) is 1. The molecule has 3 saturated carbocycles. The highest BCUT2D eigenvalue weighted by Gasteiger charge is 2.45. The minimum absolute atomic E-state index is 0.512. The van der Waals surface area contributed by atoms with Gasteiger partial charge in [0.2, 0.25) is 0 Å². The van der Waals surface area contributed by atoms with Crippen molar-refractivity contribution < 1.29 is 0 Å². The molecule has 2 heteroatoms. The van der Waals surface area contributed by atoms with E-state index in [0.29, 0.717) is 5.54 Å². The van der Waals surface area contributed by atoms with Crippen molar-refractivity contribution in [3.8, 4) is 0 Å². The average molecular weight is 248 g/mol. The quantitative estimate of drug-likeness (QED) is 0.767. The van der Waals surface area contributed by atoms with Crippen LogP contribution in [-0.2, 0) is 0 Å². The number of hydrogen-bond acceptors (Lipinski definition) is 2. The average Bonchev–Trinajstić information content (AvgIpc) is 3.05. The highest BCUT2D eigenvalue weighted by molar-refractivity contribution is 5.02. The molecule has 18 heavy (non-hydrogen) atoms. The molecule has 0 radical (unpaired) electrons. The Morgan fingerprint density at radius 1 is 1.00 bits per heavy atom. The van der Waals surface area contributed by atoms with E-state index in [2.05, 4.69) is 10.2 Å². The molecule has 0 aromatic heterocycles. The summed E-state index contributed by atoms with van der Waals surface area (Å²) >= 11 is 0. The maximum absolute atomic E-state index is 3.91. The van der Waals surface area contributed by atoms with Crippen molar-refractivity contribution in [1.82, 2.24) is 10.2 Å². The van der Waals surface area contributed by atoms with E-state index < -0.39 is 0 Å². The SMILES string of the molecule is C1CNC2(CCCC2)CN(C2CC3CCC2C3)C1. The molecule has 1 N–H and O–H groups in total. The lowest BCUT2D eigenvalue weighted by atomic mass is 9.91. The number of rotatable bonds is 1. The van der Waals surface area contributed by atoms with Crippen LogP contribution in [0.4, 0.5) is 0 Å². The third kappa shape index (κ3) is 1.92. The van der Waals surface area contributed by atoms with Gasteiger partial charge in [0, 0.05) is 18.1 Å². The van der Waals surface area contributed by atoms with Crippen LogP contribution in [0.15, 0.2) is 0 Å². The summed E-state index contributed by atoms with van der Waals surface area (Å²) in [6.45, 7) is 3.99. The van der Waals surface area contributed by atoms with Crippen LogP contribution in [0.2, 0.25) is 0 Å². The monoisotopic (exact) mass is 248 g/mol. The third-order valence-electron chi connectivity index (χ3n) is 6.36. The first kappa shape index (κ1) is 11.7. The smallest absolute Gasteiger partial charge is 0.0308 e. The molecule has 3 unspecified atom stereocenters. The first-order valence-corrected chi connectivity index (χ1v) is 8.34. The Kier molecular flexibility index (Phi) is 2.92. The van der Waals surface area contributed by atoms with Crippen molar-refractivity contribution in [3.63, 3.8) is 0 Å². The Labute approximate surface area is 111 Å². The van der Waals surface area contributed by atoms with Gasteiger partial charge in [0.1, 0.15) is 0 Å². The molecule has 3 aliphatic carbocycles. The van der Waals surface area contributed by atoms with Crippen molar-refractivity contribution in [1.29, 1.82) is 0 Å². The van der Waals surface area contributed by atoms with Gasteiger partial charge in [0.05, 0.1) is 0 Å². The molecule has 4 rings (SSSR count). The molecule has 4 fully saturated rings. The second kappa shape index (κ2) is 4.49. The van der Waals surface area contributed by atoms with Gasteiger partial charge in [-0.05, 0) is 63.5 Å². The first-order chi connectivity index (χ1) is 8.85. The van der Waals surface area contributed by atoms with Crippen LogP contribution in [-0.4, -0.2) is 36.1 Å². The predicted octanol–water partition coefficient (Wildman–Crippen LogP) is 2.78. The van der Waals surface area contributed by atoms with Crippen molar-refractivity contribution in [2.75, 3.05) is 19.6 Å². The summed E-state index contributed by atoms with van der Waals surface area (Å²) < 4.78 is 0. The summed E-state index contributed by atoms with van der Waals surface area (Å²) in [5.74, 6) is 2.15. The molecule has 0 aromatic carbocycles. The lowest BCUT2D eigenvalue weighted by Crippen LogP contribution is -2.52. The Bertz CT molecular complexity index is 308. The minimum Gasteiger partial charge on any atom is -0.310 e. The fraction of sp³-hybridized carbons (Fsp3) is 1.00. The minimum atomic E-state index is 0.512. The molecule has 1 saturated heterocycles. The van der Waals surface area contributed by atoms with Gasteiger partial charge in [0.15, 0.2) is 0 Å². The van der Waals surface area contributed by atoms with Crippen LogP contribution in [0.5, 0.6) is 0 Å². The lowest BCUT2D eigenvalue weighted by Gasteiger charge is -2.39. The highest BCUT2D eigenvalue weighted by atomic mass is 15.2. The van der Waals surface area contributed by atoms with E-state index in [1.165, 1.54) is 64.6 Å². The van der Waals surface area contributed by atoms with Crippen LogP contribution < -0.4 is 5.32 Å². The number of hydrogen-bond donors (Lipinski definition) is 1. The van der Waals surface area contributed by atoms with Gasteiger partial charge in [-0.25, -0.2) is 0 Å². The summed E-state index contributed by atoms with van der Waals surface area (Å²) in [7, 11) is 0. The standard InChI is InChI=1S/C16H28N2/c1-2-7-16(6-1)12-18(9-3-8-17-16)15-11-13-4-5-14(15)10-13/h13-15,17H,1-12H2. The third-order valence-corrected chi connectivity index (χ3v) is 6.36. The molecule has 1 spiro atoms. The highest BCUT2D eigenvalue weighted by Crippen LogP contribution is 2.47. The fourth-order valence-corrected chi connectivity index (χ4v) is 5.49. The molecular formula is C16H28N2. The van der Waals surface area contributed by atoms with Crippen LogP contribution in [0, 0.1) is 11.8 Å². The van der Waals surface area contributed by atoms with E-state index in [1.807, 2.05) is 0 Å². The second-order valence-electron chi connectivity index (χ2n) is 7.48. The molecule has 1 aliphatic heterocycles. The molecule has 0 amide bonds. The molecule has 2 bridgehead atoms. The zero-order valence-electron chi connectivity index (χ0n) is 11.7. The zero-order valence-corrected chi connectivity index (χ0v) is 11.7. The Balaban J connectivity index is 1.50. The maximum atomic E-state index is 3.91. The van der Waals surface area contributed by atoms with Crippen molar-refractivity contribution in [2.24, 2.45) is 11.8 Å². The second-order valence-corrected chi connectivity index (χ2v) is 7.48. The molecule has 4 aliphatic rings. The Morgan fingerprint density at radius 2 is 1.89 bits per heavy atom. The predicted molar refractivity (Wildman–Crippen MR) is 74.6 cm³/mol. The van der Waals surface area contributed by atoms with Crippen molar-refractivity contribution >= 4 is 0 Å². The molecular weight excluding hydrogens is 220 g/mol. The van der Waals surface area contributed by atoms with Gasteiger partial charge in [-0.1, -0.05) is 19.3 Å². The van der Waals surface area contributed by atoms with E-state index in [1.54, 1.807) is 12.8 Å². The van der Waals surface area contributed by atoms with Gasteiger partial charge in [-0.15, -0.1) is 0 Å². The summed E-state index contributed by atoms with van der Waals surface area (Å²) in [6, 6.07) is 0.959. The number of nitrogens with one attached hydrogen (secondary N) is 1. The van der Waals surface area contributed by atoms with Gasteiger partial charge in [-0.2, -0.15) is 0 Å². The largest absolute Gasteiger partial charge is 0.310 e. The van der Waals surface area contributed by atoms with Crippen molar-refractivity contribution in [2.45, 2.75) is 69.4 Å². The normalized spacial score (nSPS) is 43.7. The van der Waals surface area contributed by atoms with E-state index in [9.17, 15) is 0 Å². The summed E-state index contributed by atoms with van der Waals surface area (Å²) in [4.78, 5) is 2.91. The molecule has 102 valence electrons. The number of fused-ring (bicyclic) bond motifs is 2. The van der Waals surface area contributed by atoms with Crippen LogP contribution in [0.3, 0.4) is 0 Å². The van der Waals surface area contributed by atoms with Crippen molar-refractivity contribution in [3.05, 3.63) is 0 Å². The molecule has 1 heterocycles. The lowest BCUT2D eigenvalue weighted by molar-refractivity contribution is 0.116. The molecule has 2 nitrogen and oxygen atoms in total. The molecule has 3 atom stereocenters. The van der Waals surface area contributed by atoms with Crippen LogP contribution in [0.1, 0.15) is 57.8 Å². The van der Waals surface area contributed by atoms with Gasteiger partial charge < -0.3 is 5.32 Å². The summed E-state index contributed by atoms with van der Waals surface area (Å²) in [5.41, 5.74) is 0.512. The zero-order chi connectivity index (χ0) is 12.0. The van der Waals surface area contributed by atoms with Crippen LogP contribution >= 0.6 is 0 Å². The van der Waals surface area contributed by atoms with Gasteiger partial charge >= 0.3 is 0 Å². The topological polar surface area (TPSA) is 15.3 Å². The van der Waals surface area contributed by atoms with E-state index >= 15 is 0 Å². The maximum Gasteiger partial charge on any atom is 0.0308 e. The summed E-state index contributed by atoms with van der Waals surface area (Å²) in [6.07, 6.45) is 13.3. The Morgan fingerprint density at radius 3 is 2.61 bits per heavy atom. The Hall–Kier alpha value is -0.0800. The molecule has 0 aromatic rings. The van der Waals surface area contributed by atoms with Gasteiger partial charge in [-0.3, -0.25) is 4.90 Å². The first-order valence-electron chi connectivity index (χ1n) is 8.34. The van der Waals surface area contributed by atoms with E-state index in [0.717, 1.165) is 17.9 Å². The van der Waals surface area contributed by atoms with E-state index in [-0.39, 0.29) is 0 Å². The van der Waals surface area contributed by atoms with Gasteiger partial charge in [0.25, 0.3) is 0 Å². The van der Waals surface area contributed by atoms with Crippen LogP contribution in [0.25, 0.3) is 0 Å². The van der Waals surface area contributed by atoms with E-state index in [4.69, 9.17) is 0 Å².